The van der Waals surface area contributed by atoms with Gasteiger partial charge < -0.3 is 9.47 Å². The number of hydrogen-bond donors (Lipinski definition) is 0. The van der Waals surface area contributed by atoms with Crippen LogP contribution < -0.4 is 9.47 Å². The summed E-state index contributed by atoms with van der Waals surface area (Å²) in [6.07, 6.45) is 11.5. The number of aryl methyl sites for hydroxylation is 2. The summed E-state index contributed by atoms with van der Waals surface area (Å²) in [4.78, 5) is 6.65. The molecule has 0 saturated heterocycles. The summed E-state index contributed by atoms with van der Waals surface area (Å²) in [5.41, 5.74) is 7.79. The van der Waals surface area contributed by atoms with Gasteiger partial charge in [-0.1, -0.05) is 5.92 Å². The van der Waals surface area contributed by atoms with Crippen LogP contribution in [0.1, 0.15) is 28.2 Å². The van der Waals surface area contributed by atoms with Gasteiger partial charge in [0.05, 0.1) is 0 Å². The first-order valence-corrected chi connectivity index (χ1v) is 10.3. The lowest BCUT2D eigenvalue weighted by Gasteiger charge is -2.12. The van der Waals surface area contributed by atoms with Gasteiger partial charge in [-0.05, 0) is 61.9 Å². The highest BCUT2D eigenvalue weighted by molar-refractivity contribution is 5.81. The van der Waals surface area contributed by atoms with Crippen molar-refractivity contribution in [2.24, 2.45) is 7.05 Å². The van der Waals surface area contributed by atoms with E-state index >= 15 is 0 Å². The third-order valence-corrected chi connectivity index (χ3v) is 5.76. The van der Waals surface area contributed by atoms with E-state index in [1.54, 1.807) is 6.20 Å². The van der Waals surface area contributed by atoms with Gasteiger partial charge in [-0.25, -0.2) is 4.98 Å². The number of fused-ring (bicyclic) bond motifs is 1. The van der Waals surface area contributed by atoms with E-state index in [2.05, 4.69) is 108 Å². The molecule has 0 N–H and O–H groups in total. The number of benzene rings is 1. The van der Waals surface area contributed by atoms with E-state index in [1.165, 1.54) is 22.2 Å². The molecule has 0 aliphatic heterocycles. The topological polar surface area (TPSA) is 24.9 Å². The number of aromatic nitrogens is 3. The highest BCUT2D eigenvalue weighted by Gasteiger charge is 2.13. The fraction of sp³-hybridized carbons (Fsp3) is 0.185. The Balaban J connectivity index is 1.69. The number of anilines is 1. The Morgan fingerprint density at radius 3 is 2.52 bits per heavy atom. The number of rotatable bonds is 4. The first-order chi connectivity index (χ1) is 14.9. The molecule has 0 radical (unpaired) electrons. The number of nitrogens with zero attached hydrogens (tertiary/aromatic N) is 4. The van der Waals surface area contributed by atoms with Gasteiger partial charge in [0.15, 0.2) is 0 Å². The van der Waals surface area contributed by atoms with E-state index in [1.807, 2.05) is 12.1 Å². The molecule has 0 saturated carbocycles. The fourth-order valence-corrected chi connectivity index (χ4v) is 3.94. The summed E-state index contributed by atoms with van der Waals surface area (Å²) in [5, 5.41) is 1.23. The largest absolute Gasteiger partial charge is 0.378 e. The summed E-state index contributed by atoms with van der Waals surface area (Å²) in [6.45, 7) is 4.21. The molecular formula is C27H27N4+. The van der Waals surface area contributed by atoms with E-state index in [0.717, 1.165) is 28.5 Å². The molecular weight excluding hydrogens is 380 g/mol. The lowest BCUT2D eigenvalue weighted by Crippen LogP contribution is -2.32. The summed E-state index contributed by atoms with van der Waals surface area (Å²) in [5.74, 6) is 3.49. The Hall–Kier alpha value is -3.84. The highest BCUT2D eigenvalue weighted by Crippen LogP contribution is 2.23. The van der Waals surface area contributed by atoms with Crippen molar-refractivity contribution >= 4 is 28.7 Å². The second kappa shape index (κ2) is 8.12. The SMILES string of the molecule is C#Cc1ccc(-n2c(C)cc(/C=C/c3ccc4cc(N(C)C)ccc4[n+]3C)c2C)nc1. The Morgan fingerprint density at radius 2 is 1.84 bits per heavy atom. The van der Waals surface area contributed by atoms with Crippen LogP contribution in [-0.2, 0) is 7.05 Å². The van der Waals surface area contributed by atoms with E-state index in [4.69, 9.17) is 6.42 Å². The van der Waals surface area contributed by atoms with Crippen LogP contribution in [0.2, 0.25) is 0 Å². The lowest BCUT2D eigenvalue weighted by atomic mass is 10.1. The summed E-state index contributed by atoms with van der Waals surface area (Å²) >= 11 is 0. The molecule has 3 aromatic heterocycles. The maximum atomic E-state index is 5.45. The molecule has 0 atom stereocenters. The van der Waals surface area contributed by atoms with Crippen LogP contribution in [0.15, 0.2) is 54.7 Å². The normalized spacial score (nSPS) is 11.2. The van der Waals surface area contributed by atoms with Crippen molar-refractivity contribution in [1.29, 1.82) is 0 Å². The molecule has 0 aliphatic rings. The Morgan fingerprint density at radius 1 is 1.03 bits per heavy atom. The number of terminal acetylenes is 1. The lowest BCUT2D eigenvalue weighted by molar-refractivity contribution is -0.646. The van der Waals surface area contributed by atoms with Crippen LogP contribution >= 0.6 is 0 Å². The molecule has 154 valence electrons. The van der Waals surface area contributed by atoms with Gasteiger partial charge in [0, 0.05) is 66.5 Å². The van der Waals surface area contributed by atoms with Gasteiger partial charge in [-0.15, -0.1) is 6.42 Å². The van der Waals surface area contributed by atoms with E-state index < -0.39 is 0 Å². The van der Waals surface area contributed by atoms with Gasteiger partial charge >= 0.3 is 0 Å². The first kappa shape index (κ1) is 20.4. The molecule has 0 fully saturated rings. The predicted molar refractivity (Wildman–Crippen MR) is 129 cm³/mol. The average molecular weight is 408 g/mol. The molecule has 3 heterocycles. The Bertz CT molecular complexity index is 1330. The molecule has 0 amide bonds. The van der Waals surface area contributed by atoms with Crippen LogP contribution in [0.3, 0.4) is 0 Å². The fourth-order valence-electron chi connectivity index (χ4n) is 3.94. The molecule has 4 heteroatoms. The monoisotopic (exact) mass is 407 g/mol. The van der Waals surface area contributed by atoms with Gasteiger partial charge in [-0.3, -0.25) is 0 Å². The minimum atomic E-state index is 0.785. The average Bonchev–Trinajstić information content (AvgIpc) is 3.06. The van der Waals surface area contributed by atoms with Crippen molar-refractivity contribution in [3.8, 4) is 18.2 Å². The number of pyridine rings is 2. The summed E-state index contributed by atoms with van der Waals surface area (Å²) in [6, 6.07) is 17.0. The van der Waals surface area contributed by atoms with Crippen molar-refractivity contribution in [3.05, 3.63) is 82.9 Å². The first-order valence-electron chi connectivity index (χ1n) is 10.3. The minimum Gasteiger partial charge on any atom is -0.378 e. The second-order valence-electron chi connectivity index (χ2n) is 8.00. The molecule has 4 nitrogen and oxygen atoms in total. The van der Waals surface area contributed by atoms with Gasteiger partial charge in [0.25, 0.3) is 0 Å². The zero-order valence-corrected chi connectivity index (χ0v) is 18.7. The van der Waals surface area contributed by atoms with Crippen molar-refractivity contribution in [2.45, 2.75) is 13.8 Å². The third-order valence-electron chi connectivity index (χ3n) is 5.76. The molecule has 4 rings (SSSR count). The van der Waals surface area contributed by atoms with Gasteiger partial charge in [-0.2, -0.15) is 4.57 Å². The van der Waals surface area contributed by atoms with E-state index in [0.29, 0.717) is 0 Å². The smallest absolute Gasteiger partial charge is 0.212 e. The second-order valence-corrected chi connectivity index (χ2v) is 8.00. The van der Waals surface area contributed by atoms with Gasteiger partial charge in [0.1, 0.15) is 12.9 Å². The zero-order valence-electron chi connectivity index (χ0n) is 18.7. The van der Waals surface area contributed by atoms with Crippen molar-refractivity contribution in [2.75, 3.05) is 19.0 Å². The van der Waals surface area contributed by atoms with Crippen LogP contribution in [0.25, 0.3) is 28.9 Å². The predicted octanol–water partition coefficient (Wildman–Crippen LogP) is 4.68. The highest BCUT2D eigenvalue weighted by atomic mass is 15.1. The molecule has 1 aromatic carbocycles. The van der Waals surface area contributed by atoms with Crippen LogP contribution in [0.4, 0.5) is 5.69 Å². The van der Waals surface area contributed by atoms with Crippen molar-refractivity contribution < 1.29 is 4.57 Å². The van der Waals surface area contributed by atoms with E-state index in [-0.39, 0.29) is 0 Å². The van der Waals surface area contributed by atoms with Crippen LogP contribution in [0.5, 0.6) is 0 Å². The molecule has 0 spiro atoms. The van der Waals surface area contributed by atoms with Crippen LogP contribution in [0, 0.1) is 26.2 Å². The van der Waals surface area contributed by atoms with Crippen molar-refractivity contribution in [1.82, 2.24) is 9.55 Å². The Kier molecular flexibility index (Phi) is 5.35. The third kappa shape index (κ3) is 3.83. The summed E-state index contributed by atoms with van der Waals surface area (Å²) in [7, 11) is 6.24. The van der Waals surface area contributed by atoms with Gasteiger partial charge in [0.2, 0.25) is 11.2 Å². The van der Waals surface area contributed by atoms with Crippen LogP contribution in [-0.4, -0.2) is 23.6 Å². The molecule has 0 aliphatic carbocycles. The summed E-state index contributed by atoms with van der Waals surface area (Å²) < 4.78 is 4.38. The maximum Gasteiger partial charge on any atom is 0.212 e. The zero-order chi connectivity index (χ0) is 22.1. The molecule has 4 aromatic rings. The standard InChI is InChI=1S/C27H27N4/c1-7-21-8-15-27(28-18-21)31-19(2)16-22(20(31)3)9-11-24-12-10-23-17-25(29(4)5)13-14-26(23)30(24)6/h1,8-18H,2-6H3/q+1. The molecule has 0 bridgehead atoms. The molecule has 0 unspecified atom stereocenters. The van der Waals surface area contributed by atoms with Crippen molar-refractivity contribution in [3.63, 3.8) is 0 Å². The maximum absolute atomic E-state index is 5.45. The quantitative estimate of drug-likeness (QED) is 0.362. The molecule has 31 heavy (non-hydrogen) atoms. The minimum absolute atomic E-state index is 0.785. The van der Waals surface area contributed by atoms with E-state index in [9.17, 15) is 0 Å². The Labute approximate surface area is 184 Å². The number of hydrogen-bond acceptors (Lipinski definition) is 2.